The van der Waals surface area contributed by atoms with Crippen molar-refractivity contribution in [1.29, 1.82) is 0 Å². The zero-order chi connectivity index (χ0) is 74.0. The molecule has 0 aromatic carbocycles. The maximum absolute atomic E-state index is 12.8. The van der Waals surface area contributed by atoms with Crippen LogP contribution >= 0.6 is 0 Å². The predicted molar refractivity (Wildman–Crippen MR) is 286 cm³/mol. The first-order valence-corrected chi connectivity index (χ1v) is 29.6. The van der Waals surface area contributed by atoms with Crippen LogP contribution < -0.4 is 0 Å². The monoisotopic (exact) mass is 1430 g/mol. The van der Waals surface area contributed by atoms with Crippen LogP contribution in [0.25, 0.3) is 0 Å². The van der Waals surface area contributed by atoms with E-state index in [0.717, 1.165) is 0 Å². The number of hydrogen-bond acceptors (Lipinski definition) is 16. The Balaban J connectivity index is 0.000000800. The van der Waals surface area contributed by atoms with E-state index in [0.29, 0.717) is 56.6 Å². The number of alkyl halides is 21. The lowest BCUT2D eigenvalue weighted by Gasteiger charge is -2.32. The molecule has 0 aromatic heterocycles. The van der Waals surface area contributed by atoms with Crippen molar-refractivity contribution in [2.75, 3.05) is 40.6 Å². The van der Waals surface area contributed by atoms with E-state index in [1.54, 1.807) is 13.8 Å². The molecule has 37 heteroatoms. The van der Waals surface area contributed by atoms with Crippen molar-refractivity contribution in [3.8, 4) is 0 Å². The zero-order valence-electron chi connectivity index (χ0n) is 52.1. The molecule has 0 heterocycles. The molecular weight excluding hydrogens is 1350 g/mol. The quantitative estimate of drug-likeness (QED) is 0.0187. The molecule has 4 rings (SSSR count). The zero-order valence-corrected chi connectivity index (χ0v) is 52.1. The van der Waals surface area contributed by atoms with Crippen LogP contribution in [0.1, 0.15) is 149 Å². The second kappa shape index (κ2) is 35.4. The van der Waals surface area contributed by atoms with E-state index in [2.05, 4.69) is 22.6 Å². The van der Waals surface area contributed by atoms with Gasteiger partial charge in [-0.25, -0.2) is 9.59 Å². The first-order valence-electron chi connectivity index (χ1n) is 29.6. The molecule has 16 nitrogen and oxygen atoms in total. The lowest BCUT2D eigenvalue weighted by Crippen LogP contribution is -2.56. The van der Waals surface area contributed by atoms with Gasteiger partial charge in [-0.05, 0) is 147 Å². The lowest BCUT2D eigenvalue weighted by molar-refractivity contribution is -0.370. The number of hydrogen-bond donors (Lipinski definition) is 4. The van der Waals surface area contributed by atoms with Gasteiger partial charge < -0.3 is 48.8 Å². The molecule has 0 spiro atoms. The van der Waals surface area contributed by atoms with Crippen LogP contribution in [-0.4, -0.2) is 163 Å². The fourth-order valence-electron chi connectivity index (χ4n) is 11.3. The lowest BCUT2D eigenvalue weighted by atomic mass is 9.79. The van der Waals surface area contributed by atoms with Gasteiger partial charge in [-0.2, -0.15) is 92.2 Å². The third-order valence-corrected chi connectivity index (χ3v) is 16.7. The van der Waals surface area contributed by atoms with E-state index in [9.17, 15) is 126 Å². The highest BCUT2D eigenvalue weighted by atomic mass is 19.4. The SMILES string of the molecule is C=C(C)C(=O)OC.C=C(C)C(=O)OC.CC(O)(CCCOC(=O)C1C2CCC(C2)C1C(=O)OCCCC(O)(C(F)(F)F)C(F)(F)F)C(F)(F)F.O=C(OCCCCCCC(O)(C(F)(F)F)C(F)(F)F)C1C2CCC(C2)C1C(=O)OCCCCCCC(O)(C(F)(F)F)C(F)(F)F. The molecule has 0 aliphatic heterocycles. The molecule has 0 radical (unpaired) electrons. The highest BCUT2D eigenvalue weighted by Crippen LogP contribution is 2.55. The highest BCUT2D eigenvalue weighted by molar-refractivity contribution is 5.87. The molecule has 4 aliphatic carbocycles. The van der Waals surface area contributed by atoms with Crippen LogP contribution in [-0.2, 0) is 57.2 Å². The molecular formula is C58H79F21O16. The van der Waals surface area contributed by atoms with Gasteiger partial charge in [0.2, 0.25) is 0 Å². The Morgan fingerprint density at radius 3 is 0.758 bits per heavy atom. The number of carbonyl (C=O) groups excluding carboxylic acids is 6. The van der Waals surface area contributed by atoms with E-state index in [-0.39, 0.29) is 93.8 Å². The average molecular weight is 1430 g/mol. The summed E-state index contributed by atoms with van der Waals surface area (Å²) in [5.41, 5.74) is -16.7. The first-order chi connectivity index (χ1) is 43.1. The normalized spacial score (nSPS) is 22.1. The molecule has 554 valence electrons. The van der Waals surface area contributed by atoms with Gasteiger partial charge in [0.1, 0.15) is 0 Å². The Labute approximate surface area is 531 Å². The number of fused-ring (bicyclic) bond motifs is 4. The number of ether oxygens (including phenoxy) is 6. The Morgan fingerprint density at radius 2 is 0.558 bits per heavy atom. The van der Waals surface area contributed by atoms with Crippen molar-refractivity contribution in [3.05, 3.63) is 24.3 Å². The second-order valence-electron chi connectivity index (χ2n) is 23.9. The molecule has 4 N–H and O–H groups in total. The molecule has 4 fully saturated rings. The molecule has 9 unspecified atom stereocenters. The summed E-state index contributed by atoms with van der Waals surface area (Å²) in [5.74, 6) is -8.64. The largest absolute Gasteiger partial charge is 0.466 e. The topological polar surface area (TPSA) is 239 Å². The summed E-state index contributed by atoms with van der Waals surface area (Å²) >= 11 is 0. The van der Waals surface area contributed by atoms with Gasteiger partial charge in [-0.3, -0.25) is 19.2 Å². The smallest absolute Gasteiger partial charge is 0.426 e. The fourth-order valence-corrected chi connectivity index (χ4v) is 11.3. The maximum atomic E-state index is 12.8. The summed E-state index contributed by atoms with van der Waals surface area (Å²) in [6.45, 7) is 8.75. The van der Waals surface area contributed by atoms with Crippen LogP contribution in [0.3, 0.4) is 0 Å². The predicted octanol–water partition coefficient (Wildman–Crippen LogP) is 13.3. The minimum absolute atomic E-state index is 0.104. The van der Waals surface area contributed by atoms with Crippen molar-refractivity contribution >= 4 is 35.8 Å². The van der Waals surface area contributed by atoms with Crippen molar-refractivity contribution < 1.29 is 170 Å². The van der Waals surface area contributed by atoms with Crippen molar-refractivity contribution in [3.63, 3.8) is 0 Å². The van der Waals surface area contributed by atoms with E-state index in [1.165, 1.54) is 14.2 Å². The van der Waals surface area contributed by atoms with E-state index >= 15 is 0 Å². The summed E-state index contributed by atoms with van der Waals surface area (Å²) in [5, 5.41) is 36.8. The highest BCUT2D eigenvalue weighted by Gasteiger charge is 2.72. The molecule has 0 amide bonds. The van der Waals surface area contributed by atoms with Crippen LogP contribution in [0.4, 0.5) is 92.2 Å². The molecule has 95 heavy (non-hydrogen) atoms. The number of methoxy groups -OCH3 is 2. The van der Waals surface area contributed by atoms with Crippen LogP contribution in [0, 0.1) is 47.3 Å². The van der Waals surface area contributed by atoms with Gasteiger partial charge in [-0.15, -0.1) is 0 Å². The second-order valence-corrected chi connectivity index (χ2v) is 23.9. The molecule has 4 saturated carbocycles. The summed E-state index contributed by atoms with van der Waals surface area (Å²) < 4.78 is 296. The molecule has 0 aromatic rings. The van der Waals surface area contributed by atoms with Gasteiger partial charge in [0.25, 0.3) is 16.8 Å². The fraction of sp³-hybridized carbons (Fsp3) is 0.828. The van der Waals surface area contributed by atoms with E-state index in [1.807, 2.05) is 0 Å². The number of esters is 6. The maximum Gasteiger partial charge on any atom is 0.426 e. The number of unbranched alkanes of at least 4 members (excludes halogenated alkanes) is 6. The Bertz CT molecular complexity index is 2360. The molecule has 4 aliphatic rings. The third kappa shape index (κ3) is 24.3. The molecule has 4 bridgehead atoms. The minimum atomic E-state index is -6.00. The van der Waals surface area contributed by atoms with Gasteiger partial charge >= 0.3 is 79.0 Å². The van der Waals surface area contributed by atoms with Crippen LogP contribution in [0.15, 0.2) is 24.3 Å². The minimum Gasteiger partial charge on any atom is -0.466 e. The summed E-state index contributed by atoms with van der Waals surface area (Å²) in [6, 6.07) is 0. The number of carbonyl (C=O) groups is 6. The first kappa shape index (κ1) is 87.7. The molecule has 9 atom stereocenters. The van der Waals surface area contributed by atoms with E-state index < -0.39 is 171 Å². The summed E-state index contributed by atoms with van der Waals surface area (Å²) in [6.07, 6.45) is -45.0. The van der Waals surface area contributed by atoms with Gasteiger partial charge in [0.15, 0.2) is 5.60 Å². The standard InChI is InChI=1S/C27H36F12O6.C21H27F9O6.2C5H8O2/c28-24(29,30)22(42,25(31,32)33)11-5-1-3-7-13-44-20(40)18-16-9-10-17(15-16)19(18)21(41)45-14-8-4-2-6-12-23(43,26(34,35)36)27(37,38)39;1-17(33,19(22,23)24)6-2-8-35-15(31)13-11-4-5-12(10-11)14(13)16(32)36-9-3-7-18(34,20(25,26)27)21(28,29)30;2*1-4(2)5(6)7-3/h16-19,42-43H,1-15H2;11-14,33-34H,2-10H2,1H3;2*1H2,2-3H3. The average Bonchev–Trinajstić information content (AvgIpc) is 1.74. The number of aliphatic hydroxyl groups is 4. The van der Waals surface area contributed by atoms with Crippen molar-refractivity contribution in [1.82, 2.24) is 0 Å². The van der Waals surface area contributed by atoms with Gasteiger partial charge in [0.05, 0.1) is 64.3 Å². The Hall–Kier alpha value is -5.33. The number of halogens is 21. The van der Waals surface area contributed by atoms with Gasteiger partial charge in [-0.1, -0.05) is 38.8 Å². The third-order valence-electron chi connectivity index (χ3n) is 16.7. The van der Waals surface area contributed by atoms with Crippen LogP contribution in [0.2, 0.25) is 0 Å². The van der Waals surface area contributed by atoms with Crippen molar-refractivity contribution in [2.24, 2.45) is 47.3 Å². The number of rotatable bonds is 28. The molecule has 0 saturated heterocycles. The Kier molecular flexibility index (Phi) is 32.7. The van der Waals surface area contributed by atoms with E-state index in [4.69, 9.17) is 34.3 Å². The summed E-state index contributed by atoms with van der Waals surface area (Å²) in [7, 11) is 2.66. The van der Waals surface area contributed by atoms with Crippen molar-refractivity contribution in [2.45, 2.75) is 215 Å². The van der Waals surface area contributed by atoms with Gasteiger partial charge in [0, 0.05) is 11.1 Å². The summed E-state index contributed by atoms with van der Waals surface area (Å²) in [4.78, 5) is 71.0. The van der Waals surface area contributed by atoms with Crippen LogP contribution in [0.5, 0.6) is 0 Å². The Morgan fingerprint density at radius 1 is 0.347 bits per heavy atom.